The van der Waals surface area contributed by atoms with E-state index >= 15 is 0 Å². The van der Waals surface area contributed by atoms with Gasteiger partial charge in [0, 0.05) is 37.9 Å². The molecule has 3 rings (SSSR count). The largest absolute Gasteiger partial charge is 0.450 e. The Morgan fingerprint density at radius 3 is 2.46 bits per heavy atom. The van der Waals surface area contributed by atoms with Crippen molar-refractivity contribution >= 4 is 23.5 Å². The first-order valence-electron chi connectivity index (χ1n) is 8.91. The number of anilines is 2. The van der Waals surface area contributed by atoms with Gasteiger partial charge in [0.05, 0.1) is 18.2 Å². The van der Waals surface area contributed by atoms with E-state index in [2.05, 4.69) is 21.4 Å². The molecule has 1 fully saturated rings. The summed E-state index contributed by atoms with van der Waals surface area (Å²) in [6, 6.07) is 10.5. The van der Waals surface area contributed by atoms with Gasteiger partial charge in [-0.25, -0.2) is 14.8 Å². The average Bonchev–Trinajstić information content (AvgIpc) is 2.74. The van der Waals surface area contributed by atoms with E-state index in [-0.39, 0.29) is 17.7 Å². The Balaban J connectivity index is 1.62. The molecule has 2 amide bonds. The van der Waals surface area contributed by atoms with E-state index in [1.807, 2.05) is 0 Å². The van der Waals surface area contributed by atoms with Crippen molar-refractivity contribution < 1.29 is 14.3 Å². The van der Waals surface area contributed by atoms with Crippen LogP contribution < -0.4 is 5.32 Å². The number of piperazine rings is 1. The summed E-state index contributed by atoms with van der Waals surface area (Å²) in [6.07, 6.45) is 0.971. The molecule has 28 heavy (non-hydrogen) atoms. The van der Waals surface area contributed by atoms with Gasteiger partial charge in [0.1, 0.15) is 17.8 Å². The van der Waals surface area contributed by atoms with Crippen LogP contribution in [0, 0.1) is 11.3 Å². The number of nitrogens with zero attached hydrogens (tertiary/aromatic N) is 5. The van der Waals surface area contributed by atoms with Gasteiger partial charge in [0.15, 0.2) is 0 Å². The number of aromatic nitrogens is 2. The third kappa shape index (κ3) is 4.54. The Morgan fingerprint density at radius 2 is 1.82 bits per heavy atom. The van der Waals surface area contributed by atoms with E-state index in [0.29, 0.717) is 44.2 Å². The summed E-state index contributed by atoms with van der Waals surface area (Å²) in [5.41, 5.74) is 1.58. The van der Waals surface area contributed by atoms with Crippen molar-refractivity contribution in [3.63, 3.8) is 0 Å². The third-order valence-electron chi connectivity index (χ3n) is 4.27. The van der Waals surface area contributed by atoms with E-state index in [4.69, 9.17) is 10.00 Å². The number of rotatable bonds is 4. The number of ether oxygens (including phenoxy) is 1. The van der Waals surface area contributed by atoms with Crippen molar-refractivity contribution in [1.29, 1.82) is 5.26 Å². The van der Waals surface area contributed by atoms with Crippen molar-refractivity contribution in [3.8, 4) is 6.07 Å². The molecule has 144 valence electrons. The number of hydrogen-bond acceptors (Lipinski definition) is 7. The maximum Gasteiger partial charge on any atom is 0.409 e. The molecule has 0 bridgehead atoms. The van der Waals surface area contributed by atoms with Gasteiger partial charge >= 0.3 is 6.09 Å². The second kappa shape index (κ2) is 8.81. The van der Waals surface area contributed by atoms with Gasteiger partial charge in [0.25, 0.3) is 5.91 Å². The molecule has 0 aliphatic carbocycles. The first-order valence-corrected chi connectivity index (χ1v) is 8.91. The fourth-order valence-corrected chi connectivity index (χ4v) is 2.79. The number of carbonyl (C=O) groups excluding carboxylic acids is 2. The predicted octanol–water partition coefficient (Wildman–Crippen LogP) is 2.01. The molecule has 0 spiro atoms. The van der Waals surface area contributed by atoms with Crippen LogP contribution in [0.4, 0.5) is 16.3 Å². The molecule has 1 aliphatic heterocycles. The highest BCUT2D eigenvalue weighted by atomic mass is 16.6. The molecule has 1 saturated heterocycles. The van der Waals surface area contributed by atoms with Crippen molar-refractivity contribution in [2.24, 2.45) is 0 Å². The fourth-order valence-electron chi connectivity index (χ4n) is 2.79. The average molecular weight is 380 g/mol. The number of carbonyl (C=O) groups is 2. The quantitative estimate of drug-likeness (QED) is 0.863. The molecule has 1 N–H and O–H groups in total. The lowest BCUT2D eigenvalue weighted by molar-refractivity contribution is 0.0566. The van der Waals surface area contributed by atoms with Gasteiger partial charge < -0.3 is 19.9 Å². The van der Waals surface area contributed by atoms with Crippen LogP contribution in [0.15, 0.2) is 36.7 Å². The molecule has 0 saturated carbocycles. The van der Waals surface area contributed by atoms with Crippen molar-refractivity contribution in [3.05, 3.63) is 47.9 Å². The van der Waals surface area contributed by atoms with Crippen molar-refractivity contribution in [1.82, 2.24) is 19.8 Å². The first kappa shape index (κ1) is 19.1. The van der Waals surface area contributed by atoms with Crippen LogP contribution in [0.5, 0.6) is 0 Å². The highest BCUT2D eigenvalue weighted by molar-refractivity contribution is 5.93. The lowest BCUT2D eigenvalue weighted by atomic mass is 10.2. The summed E-state index contributed by atoms with van der Waals surface area (Å²) in [4.78, 5) is 35.9. The zero-order chi connectivity index (χ0) is 19.9. The number of nitrogens with one attached hydrogen (secondary N) is 1. The second-order valence-electron chi connectivity index (χ2n) is 6.08. The van der Waals surface area contributed by atoms with Crippen LogP contribution in [0.3, 0.4) is 0 Å². The molecule has 0 radical (unpaired) electrons. The minimum Gasteiger partial charge on any atom is -0.450 e. The highest BCUT2D eigenvalue weighted by Gasteiger charge is 2.26. The van der Waals surface area contributed by atoms with Crippen molar-refractivity contribution in [2.45, 2.75) is 6.92 Å². The number of amides is 2. The molecule has 0 atom stereocenters. The van der Waals surface area contributed by atoms with E-state index in [1.165, 1.54) is 6.33 Å². The van der Waals surface area contributed by atoms with Gasteiger partial charge in [-0.05, 0) is 31.2 Å². The Hall–Kier alpha value is -3.67. The number of hydrogen-bond donors (Lipinski definition) is 1. The molecule has 9 nitrogen and oxygen atoms in total. The number of benzene rings is 1. The monoisotopic (exact) mass is 380 g/mol. The lowest BCUT2D eigenvalue weighted by Crippen LogP contribution is -2.50. The third-order valence-corrected chi connectivity index (χ3v) is 4.27. The van der Waals surface area contributed by atoms with Gasteiger partial charge in [-0.1, -0.05) is 0 Å². The van der Waals surface area contributed by atoms with E-state index in [0.717, 1.165) is 5.69 Å². The lowest BCUT2D eigenvalue weighted by Gasteiger charge is -2.33. The summed E-state index contributed by atoms with van der Waals surface area (Å²) in [7, 11) is 0. The molecular weight excluding hydrogens is 360 g/mol. The Kier molecular flexibility index (Phi) is 6.01. The van der Waals surface area contributed by atoms with Crippen LogP contribution in [0.1, 0.15) is 23.0 Å². The van der Waals surface area contributed by atoms with E-state index in [9.17, 15) is 9.59 Å². The minimum atomic E-state index is -0.356. The first-order chi connectivity index (χ1) is 13.6. The second-order valence-corrected chi connectivity index (χ2v) is 6.08. The molecule has 1 aliphatic rings. The van der Waals surface area contributed by atoms with E-state index in [1.54, 1.807) is 47.1 Å². The highest BCUT2D eigenvalue weighted by Crippen LogP contribution is 2.16. The topological polar surface area (TPSA) is 111 Å². The molecule has 1 aromatic carbocycles. The molecular formula is C19H20N6O3. The molecule has 2 aromatic rings. The van der Waals surface area contributed by atoms with Crippen LogP contribution in [-0.2, 0) is 4.74 Å². The summed E-state index contributed by atoms with van der Waals surface area (Å²) in [6.45, 7) is 3.77. The maximum atomic E-state index is 12.7. The standard InChI is InChI=1S/C19H20N6O3/c1-2-28-19(27)25-9-7-24(8-10-25)18(26)16-11-17(22-13-21-16)23-15-5-3-14(12-20)4-6-15/h3-6,11,13H,2,7-10H2,1H3,(H,21,22,23). The smallest absolute Gasteiger partial charge is 0.409 e. The fraction of sp³-hybridized carbons (Fsp3) is 0.316. The zero-order valence-electron chi connectivity index (χ0n) is 15.5. The predicted molar refractivity (Wildman–Crippen MR) is 101 cm³/mol. The minimum absolute atomic E-state index is 0.214. The SMILES string of the molecule is CCOC(=O)N1CCN(C(=O)c2cc(Nc3ccc(C#N)cc3)ncn2)CC1. The van der Waals surface area contributed by atoms with Crippen LogP contribution >= 0.6 is 0 Å². The normalized spacial score (nSPS) is 13.6. The van der Waals surface area contributed by atoms with Crippen LogP contribution in [-0.4, -0.2) is 64.6 Å². The summed E-state index contributed by atoms with van der Waals surface area (Å²) >= 11 is 0. The Morgan fingerprint density at radius 1 is 1.14 bits per heavy atom. The molecule has 1 aromatic heterocycles. The molecule has 9 heteroatoms. The molecule has 2 heterocycles. The van der Waals surface area contributed by atoms with Crippen LogP contribution in [0.2, 0.25) is 0 Å². The van der Waals surface area contributed by atoms with E-state index < -0.39 is 0 Å². The van der Waals surface area contributed by atoms with Crippen LogP contribution in [0.25, 0.3) is 0 Å². The van der Waals surface area contributed by atoms with Gasteiger partial charge in [0.2, 0.25) is 0 Å². The summed E-state index contributed by atoms with van der Waals surface area (Å²) in [5, 5.41) is 11.9. The zero-order valence-corrected chi connectivity index (χ0v) is 15.5. The van der Waals surface area contributed by atoms with Crippen molar-refractivity contribution in [2.75, 3.05) is 38.1 Å². The summed E-state index contributed by atoms with van der Waals surface area (Å²) < 4.78 is 4.99. The summed E-state index contributed by atoms with van der Waals surface area (Å²) in [5.74, 6) is 0.266. The van der Waals surface area contributed by atoms with Gasteiger partial charge in [-0.15, -0.1) is 0 Å². The Labute approximate surface area is 162 Å². The molecule has 0 unspecified atom stereocenters. The Bertz CT molecular complexity index is 885. The van der Waals surface area contributed by atoms with Gasteiger partial charge in [-0.2, -0.15) is 5.26 Å². The maximum absolute atomic E-state index is 12.7. The van der Waals surface area contributed by atoms with Gasteiger partial charge in [-0.3, -0.25) is 4.79 Å². The number of nitriles is 1.